The highest BCUT2D eigenvalue weighted by Crippen LogP contribution is 2.37. The van der Waals surface area contributed by atoms with E-state index in [4.69, 9.17) is 0 Å². The van der Waals surface area contributed by atoms with Gasteiger partial charge in [0.2, 0.25) is 0 Å². The summed E-state index contributed by atoms with van der Waals surface area (Å²) in [5, 5.41) is 2.74. The second-order valence-corrected chi connectivity index (χ2v) is 3.33. The van der Waals surface area contributed by atoms with E-state index in [1.165, 1.54) is 0 Å². The van der Waals surface area contributed by atoms with Crippen molar-refractivity contribution in [1.29, 1.82) is 0 Å². The molecule has 0 bridgehead atoms. The minimum atomic E-state index is -4.02. The van der Waals surface area contributed by atoms with Crippen LogP contribution in [0.1, 0.15) is 25.7 Å². The first-order valence-electron chi connectivity index (χ1n) is 4.29. The second kappa shape index (κ2) is 3.64. The molecule has 2 atom stereocenters. The lowest BCUT2D eigenvalue weighted by molar-refractivity contribution is -0.188. The van der Waals surface area contributed by atoms with E-state index in [1.54, 1.807) is 7.05 Å². The third-order valence-corrected chi connectivity index (χ3v) is 2.56. The highest BCUT2D eigenvalue weighted by atomic mass is 19.4. The largest absolute Gasteiger partial charge is 0.393 e. The zero-order chi connectivity index (χ0) is 9.19. The molecular formula is C8H14F3N. The van der Waals surface area contributed by atoms with Crippen LogP contribution < -0.4 is 5.32 Å². The van der Waals surface area contributed by atoms with Gasteiger partial charge in [-0.3, -0.25) is 0 Å². The van der Waals surface area contributed by atoms with Crippen LogP contribution in [0.15, 0.2) is 0 Å². The van der Waals surface area contributed by atoms with Gasteiger partial charge in [-0.1, -0.05) is 12.8 Å². The van der Waals surface area contributed by atoms with E-state index in [-0.39, 0.29) is 12.5 Å². The van der Waals surface area contributed by atoms with E-state index >= 15 is 0 Å². The zero-order valence-electron chi connectivity index (χ0n) is 7.12. The molecule has 1 fully saturated rings. The van der Waals surface area contributed by atoms with E-state index in [1.807, 2.05) is 0 Å². The molecule has 0 aliphatic heterocycles. The lowest BCUT2D eigenvalue weighted by Gasteiger charge is -2.32. The van der Waals surface area contributed by atoms with E-state index in [2.05, 4.69) is 5.32 Å². The summed E-state index contributed by atoms with van der Waals surface area (Å²) in [6, 6.07) is -0.362. The number of nitrogens with one attached hydrogen (secondary N) is 1. The van der Waals surface area contributed by atoms with E-state index in [0.717, 1.165) is 6.42 Å². The van der Waals surface area contributed by atoms with Crippen molar-refractivity contribution in [1.82, 2.24) is 5.32 Å². The molecule has 0 aromatic heterocycles. The van der Waals surface area contributed by atoms with Crippen molar-refractivity contribution < 1.29 is 13.2 Å². The maximum absolute atomic E-state index is 12.3. The van der Waals surface area contributed by atoms with Gasteiger partial charge in [-0.2, -0.15) is 13.2 Å². The van der Waals surface area contributed by atoms with Crippen molar-refractivity contribution in [3.05, 3.63) is 0 Å². The fourth-order valence-electron chi connectivity index (χ4n) is 1.87. The summed E-state index contributed by atoms with van der Waals surface area (Å²) in [5.41, 5.74) is 0. The Labute approximate surface area is 70.3 Å². The number of hydrogen-bond donors (Lipinski definition) is 1. The van der Waals surface area contributed by atoms with Crippen LogP contribution in [-0.2, 0) is 0 Å². The maximum Gasteiger partial charge on any atom is 0.393 e. The third kappa shape index (κ3) is 2.12. The van der Waals surface area contributed by atoms with Crippen LogP contribution in [-0.4, -0.2) is 19.3 Å². The molecule has 0 amide bonds. The average Bonchev–Trinajstić information content (AvgIpc) is 2.03. The SMILES string of the molecule is CNC1CCCCC1C(F)(F)F. The number of rotatable bonds is 1. The van der Waals surface area contributed by atoms with E-state index in [9.17, 15) is 13.2 Å². The summed E-state index contributed by atoms with van der Waals surface area (Å²) in [5.74, 6) is -1.13. The van der Waals surface area contributed by atoms with Crippen LogP contribution >= 0.6 is 0 Å². The first-order valence-corrected chi connectivity index (χ1v) is 4.29. The molecule has 1 nitrogen and oxygen atoms in total. The van der Waals surface area contributed by atoms with Gasteiger partial charge >= 0.3 is 6.18 Å². The zero-order valence-corrected chi connectivity index (χ0v) is 7.12. The average molecular weight is 181 g/mol. The smallest absolute Gasteiger partial charge is 0.316 e. The second-order valence-electron chi connectivity index (χ2n) is 3.33. The van der Waals surface area contributed by atoms with Crippen LogP contribution in [0.5, 0.6) is 0 Å². The number of alkyl halides is 3. The molecule has 4 heteroatoms. The number of hydrogen-bond acceptors (Lipinski definition) is 1. The predicted octanol–water partition coefficient (Wildman–Crippen LogP) is 2.33. The van der Waals surface area contributed by atoms with Crippen LogP contribution in [0, 0.1) is 5.92 Å². The summed E-state index contributed by atoms with van der Waals surface area (Å²) in [6.45, 7) is 0. The predicted molar refractivity (Wildman–Crippen MR) is 40.9 cm³/mol. The van der Waals surface area contributed by atoms with Crippen molar-refractivity contribution in [2.24, 2.45) is 5.92 Å². The Hall–Kier alpha value is -0.250. The normalized spacial score (nSPS) is 32.0. The molecule has 0 heterocycles. The molecule has 12 heavy (non-hydrogen) atoms. The monoisotopic (exact) mass is 181 g/mol. The lowest BCUT2D eigenvalue weighted by Crippen LogP contribution is -2.43. The Kier molecular flexibility index (Phi) is 2.99. The van der Waals surface area contributed by atoms with Crippen LogP contribution in [0.2, 0.25) is 0 Å². The standard InChI is InChI=1S/C8H14F3N/c1-12-7-5-3-2-4-6(7)8(9,10)11/h6-7,12H,2-5H2,1H3. The van der Waals surface area contributed by atoms with Crippen LogP contribution in [0.4, 0.5) is 13.2 Å². The molecule has 0 aromatic carbocycles. The van der Waals surface area contributed by atoms with Crippen molar-refractivity contribution in [3.63, 3.8) is 0 Å². The maximum atomic E-state index is 12.3. The Morgan fingerprint density at radius 3 is 2.17 bits per heavy atom. The van der Waals surface area contributed by atoms with Crippen molar-refractivity contribution in [2.45, 2.75) is 37.9 Å². The Balaban J connectivity index is 2.59. The van der Waals surface area contributed by atoms with Gasteiger partial charge < -0.3 is 5.32 Å². The molecular weight excluding hydrogens is 167 g/mol. The quantitative estimate of drug-likeness (QED) is 0.654. The van der Waals surface area contributed by atoms with Crippen molar-refractivity contribution in [3.8, 4) is 0 Å². The van der Waals surface area contributed by atoms with Gasteiger partial charge in [0.15, 0.2) is 0 Å². The fourth-order valence-corrected chi connectivity index (χ4v) is 1.87. The Bertz CT molecular complexity index is 144. The van der Waals surface area contributed by atoms with Crippen molar-refractivity contribution in [2.75, 3.05) is 7.05 Å². The molecule has 1 saturated carbocycles. The molecule has 1 aliphatic rings. The Morgan fingerprint density at radius 1 is 1.17 bits per heavy atom. The summed E-state index contributed by atoms with van der Waals surface area (Å²) < 4.78 is 37.0. The summed E-state index contributed by atoms with van der Waals surface area (Å²) in [6.07, 6.45) is -1.45. The van der Waals surface area contributed by atoms with Crippen LogP contribution in [0.3, 0.4) is 0 Å². The summed E-state index contributed by atoms with van der Waals surface area (Å²) in [4.78, 5) is 0. The molecule has 0 radical (unpaired) electrons. The number of halogens is 3. The first-order chi connectivity index (χ1) is 5.55. The van der Waals surface area contributed by atoms with Gasteiger partial charge in [-0.15, -0.1) is 0 Å². The van der Waals surface area contributed by atoms with Gasteiger partial charge in [0.25, 0.3) is 0 Å². The van der Waals surface area contributed by atoms with E-state index in [0.29, 0.717) is 12.8 Å². The highest BCUT2D eigenvalue weighted by molar-refractivity contribution is 4.84. The third-order valence-electron chi connectivity index (χ3n) is 2.56. The molecule has 1 aliphatic carbocycles. The summed E-state index contributed by atoms with van der Waals surface area (Å²) in [7, 11) is 1.61. The molecule has 72 valence electrons. The highest BCUT2D eigenvalue weighted by Gasteiger charge is 2.44. The molecule has 0 spiro atoms. The lowest BCUT2D eigenvalue weighted by atomic mass is 9.84. The minimum Gasteiger partial charge on any atom is -0.316 e. The van der Waals surface area contributed by atoms with Crippen molar-refractivity contribution >= 4 is 0 Å². The van der Waals surface area contributed by atoms with Gasteiger partial charge in [0.1, 0.15) is 0 Å². The topological polar surface area (TPSA) is 12.0 Å². The molecule has 0 saturated heterocycles. The van der Waals surface area contributed by atoms with Crippen LogP contribution in [0.25, 0.3) is 0 Å². The first kappa shape index (κ1) is 9.84. The minimum absolute atomic E-state index is 0.287. The molecule has 1 N–H and O–H groups in total. The Morgan fingerprint density at radius 2 is 1.75 bits per heavy atom. The van der Waals surface area contributed by atoms with Gasteiger partial charge in [-0.05, 0) is 19.9 Å². The van der Waals surface area contributed by atoms with Gasteiger partial charge in [-0.25, -0.2) is 0 Å². The molecule has 0 aromatic rings. The van der Waals surface area contributed by atoms with E-state index < -0.39 is 12.1 Å². The molecule has 2 unspecified atom stereocenters. The summed E-state index contributed by atoms with van der Waals surface area (Å²) >= 11 is 0. The van der Waals surface area contributed by atoms with Gasteiger partial charge in [0, 0.05) is 6.04 Å². The van der Waals surface area contributed by atoms with Gasteiger partial charge in [0.05, 0.1) is 5.92 Å². The molecule has 1 rings (SSSR count). The fraction of sp³-hybridized carbons (Fsp3) is 1.00.